The van der Waals surface area contributed by atoms with E-state index in [-0.39, 0.29) is 17.6 Å². The van der Waals surface area contributed by atoms with Crippen LogP contribution in [0, 0.1) is 5.41 Å². The van der Waals surface area contributed by atoms with Gasteiger partial charge in [0, 0.05) is 6.42 Å². The molecule has 0 bridgehead atoms. The zero-order valence-corrected chi connectivity index (χ0v) is 9.36. The van der Waals surface area contributed by atoms with E-state index in [0.29, 0.717) is 0 Å². The fourth-order valence-electron chi connectivity index (χ4n) is 0.763. The second-order valence-corrected chi connectivity index (χ2v) is 6.18. The standard InChI is InChI=1S/C8H17NO3S/c1-5-13(11,12)9-7(10)6-8(2,3)4/h5-6H2,1-4H3,(H,9,10). The monoisotopic (exact) mass is 207 g/mol. The minimum atomic E-state index is -3.39. The zero-order valence-electron chi connectivity index (χ0n) is 8.55. The molecule has 0 aromatic rings. The van der Waals surface area contributed by atoms with E-state index in [4.69, 9.17) is 0 Å². The Morgan fingerprint density at radius 2 is 1.77 bits per heavy atom. The predicted molar refractivity (Wildman–Crippen MR) is 51.7 cm³/mol. The lowest BCUT2D eigenvalue weighted by Crippen LogP contribution is -2.34. The summed E-state index contributed by atoms with van der Waals surface area (Å²) in [5.41, 5.74) is -0.187. The molecule has 0 aromatic carbocycles. The highest BCUT2D eigenvalue weighted by molar-refractivity contribution is 7.90. The maximum atomic E-state index is 11.1. The van der Waals surface area contributed by atoms with Gasteiger partial charge in [-0.05, 0) is 12.3 Å². The minimum absolute atomic E-state index is 0.0666. The fraction of sp³-hybridized carbons (Fsp3) is 0.875. The van der Waals surface area contributed by atoms with Crippen molar-refractivity contribution in [1.82, 2.24) is 4.72 Å². The third-order valence-electron chi connectivity index (χ3n) is 1.34. The van der Waals surface area contributed by atoms with Crippen molar-refractivity contribution in [2.24, 2.45) is 5.41 Å². The molecule has 0 aromatic heterocycles. The Kier molecular flexibility index (Phi) is 3.90. The van der Waals surface area contributed by atoms with Gasteiger partial charge in [0.2, 0.25) is 15.9 Å². The van der Waals surface area contributed by atoms with Crippen LogP contribution in [0.15, 0.2) is 0 Å². The summed E-state index contributed by atoms with van der Waals surface area (Å²) in [5.74, 6) is -0.502. The van der Waals surface area contributed by atoms with Crippen molar-refractivity contribution in [2.45, 2.75) is 34.1 Å². The third kappa shape index (κ3) is 6.57. The van der Waals surface area contributed by atoms with Crippen molar-refractivity contribution in [2.75, 3.05) is 5.75 Å². The van der Waals surface area contributed by atoms with Crippen LogP contribution >= 0.6 is 0 Å². The number of sulfonamides is 1. The van der Waals surface area contributed by atoms with E-state index in [9.17, 15) is 13.2 Å². The predicted octanol–water partition coefficient (Wildman–Crippen LogP) is 0.888. The van der Waals surface area contributed by atoms with Crippen molar-refractivity contribution in [3.8, 4) is 0 Å². The summed E-state index contributed by atoms with van der Waals surface area (Å²) in [4.78, 5) is 11.1. The second-order valence-electron chi connectivity index (χ2n) is 4.17. The van der Waals surface area contributed by atoms with Crippen molar-refractivity contribution >= 4 is 15.9 Å². The van der Waals surface area contributed by atoms with Crippen LogP contribution < -0.4 is 4.72 Å². The molecule has 1 amide bonds. The third-order valence-corrected chi connectivity index (χ3v) is 2.64. The molecule has 78 valence electrons. The van der Waals surface area contributed by atoms with Gasteiger partial charge in [0.1, 0.15) is 0 Å². The van der Waals surface area contributed by atoms with Crippen LogP contribution in [-0.4, -0.2) is 20.1 Å². The van der Waals surface area contributed by atoms with E-state index in [2.05, 4.69) is 0 Å². The molecular formula is C8H17NO3S. The normalized spacial score (nSPS) is 12.6. The Balaban J connectivity index is 4.19. The molecule has 0 spiro atoms. The molecular weight excluding hydrogens is 190 g/mol. The first-order valence-corrected chi connectivity index (χ1v) is 5.85. The summed E-state index contributed by atoms with van der Waals surface area (Å²) in [6.45, 7) is 7.13. The number of hydrogen-bond acceptors (Lipinski definition) is 3. The molecule has 0 saturated carbocycles. The first-order chi connectivity index (χ1) is 5.66. The van der Waals surface area contributed by atoms with E-state index in [1.165, 1.54) is 6.92 Å². The highest BCUT2D eigenvalue weighted by atomic mass is 32.2. The zero-order chi connectivity index (χ0) is 10.7. The topological polar surface area (TPSA) is 63.2 Å². The number of amides is 1. The smallest absolute Gasteiger partial charge is 0.234 e. The van der Waals surface area contributed by atoms with Crippen molar-refractivity contribution < 1.29 is 13.2 Å². The maximum absolute atomic E-state index is 11.1. The van der Waals surface area contributed by atoms with Gasteiger partial charge in [-0.15, -0.1) is 0 Å². The highest BCUT2D eigenvalue weighted by Gasteiger charge is 2.19. The van der Waals surface area contributed by atoms with E-state index < -0.39 is 15.9 Å². The van der Waals surface area contributed by atoms with Gasteiger partial charge in [0.15, 0.2) is 0 Å². The van der Waals surface area contributed by atoms with Crippen LogP contribution in [0.3, 0.4) is 0 Å². The van der Waals surface area contributed by atoms with Crippen LogP contribution in [0.1, 0.15) is 34.1 Å². The average molecular weight is 207 g/mol. The Morgan fingerprint density at radius 3 is 2.08 bits per heavy atom. The summed E-state index contributed by atoms with van der Waals surface area (Å²) in [7, 11) is -3.39. The Morgan fingerprint density at radius 1 is 1.31 bits per heavy atom. The molecule has 0 radical (unpaired) electrons. The molecule has 0 aliphatic rings. The maximum Gasteiger partial charge on any atom is 0.234 e. The van der Waals surface area contributed by atoms with Gasteiger partial charge in [-0.3, -0.25) is 9.52 Å². The second kappa shape index (κ2) is 4.09. The molecule has 0 atom stereocenters. The first kappa shape index (κ1) is 12.4. The fourth-order valence-corrected chi connectivity index (χ4v) is 1.33. The highest BCUT2D eigenvalue weighted by Crippen LogP contribution is 2.17. The molecule has 0 aliphatic carbocycles. The molecule has 0 rings (SSSR count). The van der Waals surface area contributed by atoms with Crippen molar-refractivity contribution in [3.63, 3.8) is 0 Å². The molecule has 0 unspecified atom stereocenters. The summed E-state index contributed by atoms with van der Waals surface area (Å²) in [6.07, 6.45) is 0.215. The molecule has 13 heavy (non-hydrogen) atoms. The SMILES string of the molecule is CCS(=O)(=O)NC(=O)CC(C)(C)C. The lowest BCUT2D eigenvalue weighted by atomic mass is 9.92. The summed E-state index contributed by atoms with van der Waals surface area (Å²) in [6, 6.07) is 0. The number of nitrogens with one attached hydrogen (secondary N) is 1. The van der Waals surface area contributed by atoms with Crippen LogP contribution in [0.2, 0.25) is 0 Å². The molecule has 0 aliphatic heterocycles. The van der Waals surface area contributed by atoms with E-state index in [1.807, 2.05) is 25.5 Å². The summed E-state index contributed by atoms with van der Waals surface area (Å²) < 4.78 is 23.9. The largest absolute Gasteiger partial charge is 0.274 e. The Hall–Kier alpha value is -0.580. The molecule has 0 heterocycles. The van der Waals surface area contributed by atoms with Gasteiger partial charge in [-0.1, -0.05) is 20.8 Å². The van der Waals surface area contributed by atoms with Crippen LogP contribution in [-0.2, 0) is 14.8 Å². The number of hydrogen-bond donors (Lipinski definition) is 1. The summed E-state index contributed by atoms with van der Waals surface area (Å²) >= 11 is 0. The number of carbonyl (C=O) groups excluding carboxylic acids is 1. The average Bonchev–Trinajstić information content (AvgIpc) is 1.81. The van der Waals surface area contributed by atoms with Crippen molar-refractivity contribution in [1.29, 1.82) is 0 Å². The molecule has 0 saturated heterocycles. The van der Waals surface area contributed by atoms with Crippen LogP contribution in [0.4, 0.5) is 0 Å². The van der Waals surface area contributed by atoms with Gasteiger partial charge < -0.3 is 0 Å². The quantitative estimate of drug-likeness (QED) is 0.747. The van der Waals surface area contributed by atoms with E-state index in [1.54, 1.807) is 0 Å². The number of rotatable bonds is 3. The van der Waals surface area contributed by atoms with Crippen LogP contribution in [0.5, 0.6) is 0 Å². The first-order valence-electron chi connectivity index (χ1n) is 4.19. The number of carbonyl (C=O) groups is 1. The van der Waals surface area contributed by atoms with Gasteiger partial charge in [-0.2, -0.15) is 0 Å². The van der Waals surface area contributed by atoms with Gasteiger partial charge >= 0.3 is 0 Å². The molecule has 4 nitrogen and oxygen atoms in total. The van der Waals surface area contributed by atoms with Gasteiger partial charge in [0.05, 0.1) is 5.75 Å². The molecule has 5 heteroatoms. The van der Waals surface area contributed by atoms with Gasteiger partial charge in [0.25, 0.3) is 0 Å². The summed E-state index contributed by atoms with van der Waals surface area (Å²) in [5, 5.41) is 0. The van der Waals surface area contributed by atoms with E-state index in [0.717, 1.165) is 0 Å². The van der Waals surface area contributed by atoms with Gasteiger partial charge in [-0.25, -0.2) is 8.42 Å². The van der Waals surface area contributed by atoms with Crippen LogP contribution in [0.25, 0.3) is 0 Å². The minimum Gasteiger partial charge on any atom is -0.274 e. The lowest BCUT2D eigenvalue weighted by Gasteiger charge is -2.16. The van der Waals surface area contributed by atoms with E-state index >= 15 is 0 Å². The molecule has 0 fully saturated rings. The Bertz CT molecular complexity index is 274. The lowest BCUT2D eigenvalue weighted by molar-refractivity contribution is -0.121. The molecule has 1 N–H and O–H groups in total. The Labute approximate surface area is 79.8 Å². The van der Waals surface area contributed by atoms with Crippen molar-refractivity contribution in [3.05, 3.63) is 0 Å².